The van der Waals surface area contributed by atoms with E-state index in [-0.39, 0.29) is 24.0 Å². The van der Waals surface area contributed by atoms with Crippen molar-refractivity contribution >= 4 is 34.0 Å². The molecule has 0 bridgehead atoms. The van der Waals surface area contributed by atoms with Crippen LogP contribution in [-0.4, -0.2) is 27.8 Å². The first-order valence-corrected chi connectivity index (χ1v) is 10.7. The second-order valence-corrected chi connectivity index (χ2v) is 8.73. The zero-order valence-electron chi connectivity index (χ0n) is 15.4. The highest BCUT2D eigenvalue weighted by molar-refractivity contribution is 7.99. The molecule has 0 atom stereocenters. The summed E-state index contributed by atoms with van der Waals surface area (Å²) < 4.78 is 12.3. The number of aromatic nitrogens is 2. The van der Waals surface area contributed by atoms with E-state index < -0.39 is 5.54 Å². The number of nitrogens with one attached hydrogen (secondary N) is 1. The predicted molar refractivity (Wildman–Crippen MR) is 109 cm³/mol. The maximum Gasteiger partial charge on any atom is 0.258 e. The Morgan fingerprint density at radius 2 is 2.14 bits per heavy atom. The zero-order valence-corrected chi connectivity index (χ0v) is 17.1. The molecule has 4 rings (SSSR count). The Hall–Kier alpha value is -2.52. The van der Waals surface area contributed by atoms with Gasteiger partial charge in [-0.1, -0.05) is 6.07 Å². The first-order valence-electron chi connectivity index (χ1n) is 8.67. The summed E-state index contributed by atoms with van der Waals surface area (Å²) in [6.07, 6.45) is 1.71. The molecule has 0 radical (unpaired) electrons. The molecule has 0 aliphatic carbocycles. The standard InChI is InChI=1S/C19H19N3O4S2/c1-19(2,12-3-4-14-15(7-12)26-11-25-14)21-16(23)10-27-9-13-8-17(24)22-5-6-28-18(22)20-13/h3-8H,9-11H2,1-2H3,(H,21,23). The first-order chi connectivity index (χ1) is 13.4. The molecule has 1 aromatic carbocycles. The van der Waals surface area contributed by atoms with Gasteiger partial charge in [0.15, 0.2) is 16.5 Å². The highest BCUT2D eigenvalue weighted by Gasteiger charge is 2.25. The second kappa shape index (κ2) is 7.48. The van der Waals surface area contributed by atoms with Gasteiger partial charge in [0.05, 0.1) is 17.0 Å². The van der Waals surface area contributed by atoms with E-state index in [1.807, 2.05) is 37.4 Å². The van der Waals surface area contributed by atoms with Gasteiger partial charge in [-0.05, 0) is 31.5 Å². The van der Waals surface area contributed by atoms with Crippen LogP contribution in [0.15, 0.2) is 40.6 Å². The quantitative estimate of drug-likeness (QED) is 0.664. The average Bonchev–Trinajstić information content (AvgIpc) is 3.29. The number of benzene rings is 1. The molecule has 0 saturated heterocycles. The van der Waals surface area contributed by atoms with Crippen molar-refractivity contribution in [2.24, 2.45) is 0 Å². The lowest BCUT2D eigenvalue weighted by Gasteiger charge is -2.27. The third kappa shape index (κ3) is 3.85. The lowest BCUT2D eigenvalue weighted by atomic mass is 9.94. The summed E-state index contributed by atoms with van der Waals surface area (Å²) in [5.74, 6) is 2.10. The third-order valence-electron chi connectivity index (χ3n) is 4.39. The second-order valence-electron chi connectivity index (χ2n) is 6.88. The number of carbonyl (C=O) groups excluding carboxylic acids is 1. The number of carbonyl (C=O) groups is 1. The van der Waals surface area contributed by atoms with Crippen LogP contribution in [0.4, 0.5) is 0 Å². The van der Waals surface area contributed by atoms with Crippen LogP contribution in [0.1, 0.15) is 25.1 Å². The number of fused-ring (bicyclic) bond motifs is 2. The van der Waals surface area contributed by atoms with Gasteiger partial charge in [-0.3, -0.25) is 14.0 Å². The summed E-state index contributed by atoms with van der Waals surface area (Å²) in [6.45, 7) is 4.11. The Morgan fingerprint density at radius 1 is 1.32 bits per heavy atom. The minimum absolute atomic E-state index is 0.0819. The van der Waals surface area contributed by atoms with E-state index in [1.165, 1.54) is 33.6 Å². The van der Waals surface area contributed by atoms with Crippen LogP contribution in [0.25, 0.3) is 4.96 Å². The lowest BCUT2D eigenvalue weighted by molar-refractivity contribution is -0.120. The normalized spacial score (nSPS) is 13.1. The van der Waals surface area contributed by atoms with E-state index in [1.54, 1.807) is 6.20 Å². The molecule has 1 amide bonds. The van der Waals surface area contributed by atoms with Gasteiger partial charge in [-0.2, -0.15) is 0 Å². The van der Waals surface area contributed by atoms with Crippen LogP contribution in [0.3, 0.4) is 0 Å². The van der Waals surface area contributed by atoms with Crippen molar-refractivity contribution in [1.29, 1.82) is 0 Å². The van der Waals surface area contributed by atoms with Crippen LogP contribution in [0.5, 0.6) is 11.5 Å². The number of thioether (sulfide) groups is 1. The van der Waals surface area contributed by atoms with E-state index in [4.69, 9.17) is 9.47 Å². The number of amides is 1. The van der Waals surface area contributed by atoms with Gasteiger partial charge >= 0.3 is 0 Å². The Bertz CT molecular complexity index is 1090. The monoisotopic (exact) mass is 417 g/mol. The first kappa shape index (κ1) is 18.8. The Kier molecular flexibility index (Phi) is 5.03. The van der Waals surface area contributed by atoms with E-state index >= 15 is 0 Å². The van der Waals surface area contributed by atoms with E-state index in [0.717, 1.165) is 5.56 Å². The highest BCUT2D eigenvalue weighted by atomic mass is 32.2. The largest absolute Gasteiger partial charge is 0.454 e. The Balaban J connectivity index is 1.35. The van der Waals surface area contributed by atoms with Crippen molar-refractivity contribution < 1.29 is 14.3 Å². The average molecular weight is 418 g/mol. The SMILES string of the molecule is CC(C)(NC(=O)CSCc1cc(=O)n2ccsc2n1)c1ccc2c(c1)OCO2. The smallest absolute Gasteiger partial charge is 0.258 e. The van der Waals surface area contributed by atoms with E-state index in [0.29, 0.717) is 27.9 Å². The maximum absolute atomic E-state index is 12.4. The minimum atomic E-state index is -0.550. The molecule has 0 spiro atoms. The molecule has 7 nitrogen and oxygen atoms in total. The fourth-order valence-electron chi connectivity index (χ4n) is 2.95. The summed E-state index contributed by atoms with van der Waals surface area (Å²) in [7, 11) is 0. The number of ether oxygens (including phenoxy) is 2. The van der Waals surface area contributed by atoms with Gasteiger partial charge in [-0.25, -0.2) is 4.98 Å². The molecule has 146 valence electrons. The highest BCUT2D eigenvalue weighted by Crippen LogP contribution is 2.35. The molecular formula is C19H19N3O4S2. The van der Waals surface area contributed by atoms with Crippen molar-refractivity contribution in [2.45, 2.75) is 25.1 Å². The molecular weight excluding hydrogens is 398 g/mol. The van der Waals surface area contributed by atoms with Crippen molar-refractivity contribution in [1.82, 2.24) is 14.7 Å². The van der Waals surface area contributed by atoms with Gasteiger partial charge < -0.3 is 14.8 Å². The molecule has 3 aromatic rings. The van der Waals surface area contributed by atoms with Gasteiger partial charge in [0.1, 0.15) is 0 Å². The maximum atomic E-state index is 12.4. The summed E-state index contributed by atoms with van der Waals surface area (Å²) in [4.78, 5) is 29.5. The van der Waals surface area contributed by atoms with Crippen molar-refractivity contribution in [2.75, 3.05) is 12.5 Å². The molecule has 28 heavy (non-hydrogen) atoms. The van der Waals surface area contributed by atoms with Gasteiger partial charge in [-0.15, -0.1) is 23.1 Å². The van der Waals surface area contributed by atoms with Gasteiger partial charge in [0, 0.05) is 23.4 Å². The molecule has 0 fully saturated rings. The zero-order chi connectivity index (χ0) is 19.7. The number of nitrogens with zero attached hydrogens (tertiary/aromatic N) is 2. The van der Waals surface area contributed by atoms with Crippen LogP contribution in [0, 0.1) is 0 Å². The molecule has 1 aliphatic heterocycles. The van der Waals surface area contributed by atoms with Crippen molar-refractivity contribution in [3.63, 3.8) is 0 Å². The molecule has 9 heteroatoms. The van der Waals surface area contributed by atoms with Crippen LogP contribution >= 0.6 is 23.1 Å². The van der Waals surface area contributed by atoms with Gasteiger partial charge in [0.25, 0.3) is 5.56 Å². The van der Waals surface area contributed by atoms with Crippen molar-refractivity contribution in [3.8, 4) is 11.5 Å². The summed E-state index contributed by atoms with van der Waals surface area (Å²) in [5, 5.41) is 4.87. The number of thiazole rings is 1. The molecule has 3 heterocycles. The Morgan fingerprint density at radius 3 is 3.00 bits per heavy atom. The summed E-state index contributed by atoms with van der Waals surface area (Å²) in [6, 6.07) is 7.18. The molecule has 0 unspecified atom stereocenters. The molecule has 2 aromatic heterocycles. The molecule has 1 N–H and O–H groups in total. The fraction of sp³-hybridized carbons (Fsp3) is 0.316. The van der Waals surface area contributed by atoms with Crippen molar-refractivity contribution in [3.05, 3.63) is 57.5 Å². The predicted octanol–water partition coefficient (Wildman–Crippen LogP) is 2.77. The third-order valence-corrected chi connectivity index (χ3v) is 6.11. The van der Waals surface area contributed by atoms with E-state index in [2.05, 4.69) is 10.3 Å². The number of hydrogen-bond donors (Lipinski definition) is 1. The van der Waals surface area contributed by atoms with Crippen LogP contribution in [-0.2, 0) is 16.1 Å². The van der Waals surface area contributed by atoms with Crippen LogP contribution < -0.4 is 20.3 Å². The molecule has 0 saturated carbocycles. The minimum Gasteiger partial charge on any atom is -0.454 e. The summed E-state index contributed by atoms with van der Waals surface area (Å²) in [5.41, 5.74) is 0.967. The van der Waals surface area contributed by atoms with Crippen LogP contribution in [0.2, 0.25) is 0 Å². The number of rotatable bonds is 6. The fourth-order valence-corrected chi connectivity index (χ4v) is 4.41. The van der Waals surface area contributed by atoms with E-state index in [9.17, 15) is 9.59 Å². The lowest BCUT2D eigenvalue weighted by Crippen LogP contribution is -2.41. The molecule has 1 aliphatic rings. The Labute approximate surface area is 169 Å². The summed E-state index contributed by atoms with van der Waals surface area (Å²) >= 11 is 2.84. The number of hydrogen-bond acceptors (Lipinski definition) is 7. The topological polar surface area (TPSA) is 81.9 Å². The van der Waals surface area contributed by atoms with Gasteiger partial charge in [0.2, 0.25) is 12.7 Å².